The van der Waals surface area contributed by atoms with Gasteiger partial charge in [0.2, 0.25) is 11.9 Å². The van der Waals surface area contributed by atoms with Crippen molar-refractivity contribution in [2.24, 2.45) is 5.92 Å². The number of pyridine rings is 1. The van der Waals surface area contributed by atoms with Gasteiger partial charge in [-0.2, -0.15) is 0 Å². The number of imidazole rings is 1. The number of nitrogens with one attached hydrogen (secondary N) is 1. The fourth-order valence-electron chi connectivity index (χ4n) is 4.09. The Morgan fingerprint density at radius 2 is 1.93 bits per heavy atom. The van der Waals surface area contributed by atoms with Crippen LogP contribution in [-0.4, -0.2) is 40.1 Å². The standard InChI is InChI=1S/C23H29N5O/c1-2-15-28-21-9-4-3-8-20(21)26-23(28)27-16-11-18(12-17-27)22(29)25-14-10-19-7-5-6-13-24-19/h3-9,13,18H,2,10-12,14-17H2,1H3,(H,25,29). The van der Waals surface area contributed by atoms with Gasteiger partial charge >= 0.3 is 0 Å². The van der Waals surface area contributed by atoms with Gasteiger partial charge in [0, 0.05) is 50.4 Å². The molecule has 4 rings (SSSR count). The molecular weight excluding hydrogens is 362 g/mol. The average Bonchev–Trinajstić information content (AvgIpc) is 3.13. The summed E-state index contributed by atoms with van der Waals surface area (Å²) < 4.78 is 2.32. The topological polar surface area (TPSA) is 63.1 Å². The molecule has 1 saturated heterocycles. The summed E-state index contributed by atoms with van der Waals surface area (Å²) in [6, 6.07) is 14.2. The first kappa shape index (κ1) is 19.4. The van der Waals surface area contributed by atoms with Crippen molar-refractivity contribution in [1.82, 2.24) is 19.9 Å². The second-order valence-electron chi connectivity index (χ2n) is 7.68. The number of anilines is 1. The van der Waals surface area contributed by atoms with Crippen LogP contribution >= 0.6 is 0 Å². The molecule has 1 N–H and O–H groups in total. The van der Waals surface area contributed by atoms with Gasteiger partial charge in [-0.25, -0.2) is 4.98 Å². The molecule has 3 heterocycles. The molecular formula is C23H29N5O. The third-order valence-electron chi connectivity index (χ3n) is 5.64. The van der Waals surface area contributed by atoms with Crippen LogP contribution in [0, 0.1) is 5.92 Å². The van der Waals surface area contributed by atoms with E-state index < -0.39 is 0 Å². The number of aromatic nitrogens is 3. The minimum Gasteiger partial charge on any atom is -0.355 e. The Bertz CT molecular complexity index is 944. The van der Waals surface area contributed by atoms with Gasteiger partial charge in [0.25, 0.3) is 0 Å². The first-order chi connectivity index (χ1) is 14.3. The molecule has 3 aromatic rings. The van der Waals surface area contributed by atoms with Gasteiger partial charge in [-0.1, -0.05) is 25.1 Å². The molecule has 6 heteroatoms. The summed E-state index contributed by atoms with van der Waals surface area (Å²) in [6.45, 7) is 5.53. The highest BCUT2D eigenvalue weighted by Gasteiger charge is 2.27. The predicted octanol–water partition coefficient (Wildman–Crippen LogP) is 3.42. The molecule has 1 aliphatic rings. The minimum atomic E-state index is 0.0824. The lowest BCUT2D eigenvalue weighted by Gasteiger charge is -2.32. The van der Waals surface area contributed by atoms with E-state index in [1.165, 1.54) is 5.52 Å². The number of para-hydroxylation sites is 2. The van der Waals surface area contributed by atoms with E-state index >= 15 is 0 Å². The van der Waals surface area contributed by atoms with Crippen LogP contribution in [0.5, 0.6) is 0 Å². The van der Waals surface area contributed by atoms with Gasteiger partial charge in [0.05, 0.1) is 11.0 Å². The molecule has 152 valence electrons. The van der Waals surface area contributed by atoms with E-state index in [-0.39, 0.29) is 11.8 Å². The number of benzene rings is 1. The van der Waals surface area contributed by atoms with Crippen molar-refractivity contribution >= 4 is 22.9 Å². The van der Waals surface area contributed by atoms with E-state index in [1.54, 1.807) is 6.20 Å². The molecule has 2 aromatic heterocycles. The SMILES string of the molecule is CCCn1c(N2CCC(C(=O)NCCc3ccccn3)CC2)nc2ccccc21. The molecule has 1 fully saturated rings. The fourth-order valence-corrected chi connectivity index (χ4v) is 4.09. The van der Waals surface area contributed by atoms with Crippen LogP contribution in [0.3, 0.4) is 0 Å². The van der Waals surface area contributed by atoms with Gasteiger partial charge in [-0.3, -0.25) is 9.78 Å². The number of nitrogens with zero attached hydrogens (tertiary/aromatic N) is 4. The van der Waals surface area contributed by atoms with Gasteiger partial charge in [-0.15, -0.1) is 0 Å². The van der Waals surface area contributed by atoms with Crippen molar-refractivity contribution in [2.75, 3.05) is 24.5 Å². The molecule has 0 unspecified atom stereocenters. The van der Waals surface area contributed by atoms with E-state index in [0.29, 0.717) is 6.54 Å². The van der Waals surface area contributed by atoms with Crippen molar-refractivity contribution in [3.8, 4) is 0 Å². The zero-order chi connectivity index (χ0) is 20.1. The third-order valence-corrected chi connectivity index (χ3v) is 5.64. The number of rotatable bonds is 7. The lowest BCUT2D eigenvalue weighted by molar-refractivity contribution is -0.125. The largest absolute Gasteiger partial charge is 0.355 e. The quantitative estimate of drug-likeness (QED) is 0.670. The van der Waals surface area contributed by atoms with Crippen molar-refractivity contribution in [3.05, 3.63) is 54.4 Å². The number of fused-ring (bicyclic) bond motifs is 1. The number of carbonyl (C=O) groups excluding carboxylic acids is 1. The van der Waals surface area contributed by atoms with E-state index in [1.807, 2.05) is 24.3 Å². The van der Waals surface area contributed by atoms with Crippen LogP contribution < -0.4 is 10.2 Å². The maximum Gasteiger partial charge on any atom is 0.223 e. The molecule has 6 nitrogen and oxygen atoms in total. The smallest absolute Gasteiger partial charge is 0.223 e. The minimum absolute atomic E-state index is 0.0824. The Balaban J connectivity index is 1.34. The van der Waals surface area contributed by atoms with Crippen LogP contribution in [0.1, 0.15) is 31.9 Å². The third kappa shape index (κ3) is 4.42. The van der Waals surface area contributed by atoms with Gasteiger partial charge < -0.3 is 14.8 Å². The number of hydrogen-bond acceptors (Lipinski definition) is 4. The Hall–Kier alpha value is -2.89. The number of aryl methyl sites for hydroxylation is 1. The Kier molecular flexibility index (Phi) is 6.08. The van der Waals surface area contributed by atoms with Crippen molar-refractivity contribution in [3.63, 3.8) is 0 Å². The van der Waals surface area contributed by atoms with Crippen LogP contribution in [0.2, 0.25) is 0 Å². The van der Waals surface area contributed by atoms with Crippen molar-refractivity contribution < 1.29 is 4.79 Å². The summed E-state index contributed by atoms with van der Waals surface area (Å²) in [4.78, 5) is 24.1. The average molecular weight is 392 g/mol. The highest BCUT2D eigenvalue weighted by molar-refractivity contribution is 5.80. The second-order valence-corrected chi connectivity index (χ2v) is 7.68. The molecule has 1 aliphatic heterocycles. The van der Waals surface area contributed by atoms with Crippen LogP contribution in [0.25, 0.3) is 11.0 Å². The summed E-state index contributed by atoms with van der Waals surface area (Å²) >= 11 is 0. The molecule has 0 aliphatic carbocycles. The number of amides is 1. The molecule has 1 aromatic carbocycles. The Labute approximate surface area is 172 Å². The zero-order valence-corrected chi connectivity index (χ0v) is 17.1. The van der Waals surface area contributed by atoms with E-state index in [0.717, 1.165) is 62.5 Å². The summed E-state index contributed by atoms with van der Waals surface area (Å²) in [5.41, 5.74) is 3.25. The molecule has 29 heavy (non-hydrogen) atoms. The van der Waals surface area contributed by atoms with E-state index in [4.69, 9.17) is 4.98 Å². The maximum absolute atomic E-state index is 12.6. The molecule has 1 amide bonds. The lowest BCUT2D eigenvalue weighted by atomic mass is 9.96. The van der Waals surface area contributed by atoms with Gasteiger partial charge in [0.15, 0.2) is 0 Å². The highest BCUT2D eigenvalue weighted by atomic mass is 16.1. The summed E-state index contributed by atoms with van der Waals surface area (Å²) in [7, 11) is 0. The Morgan fingerprint density at radius 3 is 2.69 bits per heavy atom. The highest BCUT2D eigenvalue weighted by Crippen LogP contribution is 2.27. The monoisotopic (exact) mass is 391 g/mol. The first-order valence-electron chi connectivity index (χ1n) is 10.6. The van der Waals surface area contributed by atoms with E-state index in [2.05, 4.69) is 44.9 Å². The predicted molar refractivity (Wildman–Crippen MR) is 116 cm³/mol. The molecule has 0 spiro atoms. The second kappa shape index (κ2) is 9.07. The molecule has 0 atom stereocenters. The summed E-state index contributed by atoms with van der Waals surface area (Å²) in [5.74, 6) is 1.30. The molecule has 0 saturated carbocycles. The molecule has 0 bridgehead atoms. The van der Waals surface area contributed by atoms with Crippen LogP contribution in [0.15, 0.2) is 48.7 Å². The van der Waals surface area contributed by atoms with Crippen molar-refractivity contribution in [1.29, 1.82) is 0 Å². The summed E-state index contributed by atoms with van der Waals surface area (Å²) in [5, 5.41) is 3.09. The molecule has 0 radical (unpaired) electrons. The van der Waals surface area contributed by atoms with Gasteiger partial charge in [-0.05, 0) is 43.5 Å². The fraction of sp³-hybridized carbons (Fsp3) is 0.435. The van der Waals surface area contributed by atoms with Crippen LogP contribution in [0.4, 0.5) is 5.95 Å². The normalized spacial score (nSPS) is 15.0. The van der Waals surface area contributed by atoms with Gasteiger partial charge in [0.1, 0.15) is 0 Å². The maximum atomic E-state index is 12.6. The number of hydrogen-bond donors (Lipinski definition) is 1. The summed E-state index contributed by atoms with van der Waals surface area (Å²) in [6.07, 6.45) is 5.36. The van der Waals surface area contributed by atoms with Crippen LogP contribution in [-0.2, 0) is 17.8 Å². The Morgan fingerprint density at radius 1 is 1.14 bits per heavy atom. The van der Waals surface area contributed by atoms with Crippen molar-refractivity contribution in [2.45, 2.75) is 39.2 Å². The zero-order valence-electron chi connectivity index (χ0n) is 17.1. The number of piperidine rings is 1. The lowest BCUT2D eigenvalue weighted by Crippen LogP contribution is -2.42. The first-order valence-corrected chi connectivity index (χ1v) is 10.6. The van der Waals surface area contributed by atoms with E-state index in [9.17, 15) is 4.79 Å². The number of carbonyl (C=O) groups is 1.